The number of carbonyl (C=O) groups excluding carboxylic acids is 1. The Morgan fingerprint density at radius 3 is 2.52 bits per heavy atom. The SMILES string of the molecule is CC(C)(CCNC(=O)C1CC(F)CN1)S(=O)(=O)c1cccc(C(F)(F)F)c1. The van der Waals surface area contributed by atoms with Crippen LogP contribution in [-0.2, 0) is 20.8 Å². The van der Waals surface area contributed by atoms with Crippen LogP contribution in [0.1, 0.15) is 32.3 Å². The highest BCUT2D eigenvalue weighted by molar-refractivity contribution is 7.92. The fraction of sp³-hybridized carbons (Fsp3) is 0.588. The first-order chi connectivity index (χ1) is 12.3. The molecule has 2 rings (SSSR count). The van der Waals surface area contributed by atoms with Crippen molar-refractivity contribution in [1.29, 1.82) is 0 Å². The van der Waals surface area contributed by atoms with Crippen molar-refractivity contribution in [1.82, 2.24) is 10.6 Å². The van der Waals surface area contributed by atoms with Crippen molar-refractivity contribution in [2.45, 2.75) is 54.7 Å². The molecular weight excluding hydrogens is 388 g/mol. The maximum atomic E-state index is 13.1. The molecule has 1 aliphatic rings. The Hall–Kier alpha value is -1.68. The fourth-order valence-corrected chi connectivity index (χ4v) is 4.34. The molecule has 1 aromatic rings. The lowest BCUT2D eigenvalue weighted by Crippen LogP contribution is -2.43. The Morgan fingerprint density at radius 1 is 1.30 bits per heavy atom. The van der Waals surface area contributed by atoms with Gasteiger partial charge in [0.1, 0.15) is 6.17 Å². The number of sulfone groups is 1. The number of amides is 1. The van der Waals surface area contributed by atoms with Crippen molar-refractivity contribution >= 4 is 15.7 Å². The number of halogens is 4. The molecule has 10 heteroatoms. The van der Waals surface area contributed by atoms with Gasteiger partial charge in [0.15, 0.2) is 9.84 Å². The Bertz CT molecular complexity index is 794. The lowest BCUT2D eigenvalue weighted by atomic mass is 10.1. The lowest BCUT2D eigenvalue weighted by molar-refractivity contribution is -0.137. The summed E-state index contributed by atoms with van der Waals surface area (Å²) < 4.78 is 75.8. The van der Waals surface area contributed by atoms with Gasteiger partial charge in [0.25, 0.3) is 0 Å². The molecular formula is C17H22F4N2O3S. The van der Waals surface area contributed by atoms with E-state index in [1.54, 1.807) is 0 Å². The predicted octanol–water partition coefficient (Wildman–Crippen LogP) is 2.46. The summed E-state index contributed by atoms with van der Waals surface area (Å²) in [4.78, 5) is 11.5. The number of rotatable bonds is 6. The molecule has 0 bridgehead atoms. The Kier molecular flexibility index (Phi) is 6.20. The molecule has 1 fully saturated rings. The number of benzene rings is 1. The van der Waals surface area contributed by atoms with Crippen LogP contribution in [0.25, 0.3) is 0 Å². The summed E-state index contributed by atoms with van der Waals surface area (Å²) in [6, 6.07) is 2.92. The number of hydrogen-bond acceptors (Lipinski definition) is 4. The Morgan fingerprint density at radius 2 is 1.96 bits per heavy atom. The quantitative estimate of drug-likeness (QED) is 0.707. The first kappa shape index (κ1) is 21.6. The summed E-state index contributed by atoms with van der Waals surface area (Å²) in [5, 5.41) is 5.27. The molecule has 2 atom stereocenters. The average Bonchev–Trinajstić information content (AvgIpc) is 3.00. The molecule has 1 amide bonds. The minimum absolute atomic E-state index is 0.000836. The molecule has 2 N–H and O–H groups in total. The standard InChI is InChI=1S/C17H22F4N2O3S/c1-16(2,6-7-22-15(24)14-9-12(18)10-23-14)27(25,26)13-5-3-4-11(8-13)17(19,20)21/h3-5,8,12,14,23H,6-7,9-10H2,1-2H3,(H,22,24). The summed E-state index contributed by atoms with van der Waals surface area (Å²) in [5.41, 5.74) is -1.04. The van der Waals surface area contributed by atoms with Crippen LogP contribution in [0.5, 0.6) is 0 Å². The molecule has 5 nitrogen and oxygen atoms in total. The van der Waals surface area contributed by atoms with Crippen LogP contribution in [0.2, 0.25) is 0 Å². The molecule has 152 valence electrons. The van der Waals surface area contributed by atoms with Gasteiger partial charge < -0.3 is 10.6 Å². The second-order valence-electron chi connectivity index (χ2n) is 7.12. The van der Waals surface area contributed by atoms with Gasteiger partial charge in [0, 0.05) is 19.5 Å². The summed E-state index contributed by atoms with van der Waals surface area (Å²) in [6.07, 6.45) is -5.70. The van der Waals surface area contributed by atoms with E-state index >= 15 is 0 Å². The van der Waals surface area contributed by atoms with Crippen molar-refractivity contribution in [3.8, 4) is 0 Å². The summed E-state index contributed by atoms with van der Waals surface area (Å²) in [5.74, 6) is -0.428. The molecule has 1 heterocycles. The molecule has 0 aromatic heterocycles. The van der Waals surface area contributed by atoms with Crippen LogP contribution in [0.3, 0.4) is 0 Å². The second kappa shape index (κ2) is 7.75. The highest BCUT2D eigenvalue weighted by Gasteiger charge is 2.38. The molecule has 0 radical (unpaired) electrons. The van der Waals surface area contributed by atoms with Crippen LogP contribution in [0, 0.1) is 0 Å². The lowest BCUT2D eigenvalue weighted by Gasteiger charge is -2.25. The van der Waals surface area contributed by atoms with Gasteiger partial charge >= 0.3 is 6.18 Å². The molecule has 2 unspecified atom stereocenters. The van der Waals surface area contributed by atoms with Crippen LogP contribution in [-0.4, -0.2) is 44.4 Å². The fourth-order valence-electron chi connectivity index (χ4n) is 2.80. The summed E-state index contributed by atoms with van der Waals surface area (Å²) >= 11 is 0. The zero-order chi connectivity index (χ0) is 20.5. The van der Waals surface area contributed by atoms with Crippen LogP contribution in [0.15, 0.2) is 29.2 Å². The van der Waals surface area contributed by atoms with Crippen molar-refractivity contribution in [2.24, 2.45) is 0 Å². The third-order valence-corrected chi connectivity index (χ3v) is 7.15. The van der Waals surface area contributed by atoms with E-state index in [2.05, 4.69) is 10.6 Å². The Labute approximate surface area is 155 Å². The number of hydrogen-bond donors (Lipinski definition) is 2. The van der Waals surface area contributed by atoms with E-state index in [9.17, 15) is 30.8 Å². The smallest absolute Gasteiger partial charge is 0.355 e. The molecule has 0 saturated carbocycles. The van der Waals surface area contributed by atoms with E-state index in [-0.39, 0.29) is 25.9 Å². The molecule has 0 spiro atoms. The molecule has 27 heavy (non-hydrogen) atoms. The van der Waals surface area contributed by atoms with Crippen molar-refractivity contribution in [2.75, 3.05) is 13.1 Å². The molecule has 1 aliphatic heterocycles. The summed E-state index contributed by atoms with van der Waals surface area (Å²) in [6.45, 7) is 2.87. The van der Waals surface area contributed by atoms with Crippen LogP contribution in [0.4, 0.5) is 17.6 Å². The number of nitrogens with one attached hydrogen (secondary N) is 2. The minimum atomic E-state index is -4.65. The highest BCUT2D eigenvalue weighted by atomic mass is 32.2. The molecule has 1 saturated heterocycles. The maximum absolute atomic E-state index is 13.1. The first-order valence-electron chi connectivity index (χ1n) is 8.41. The minimum Gasteiger partial charge on any atom is -0.355 e. The Balaban J connectivity index is 2.05. The zero-order valence-electron chi connectivity index (χ0n) is 14.9. The average molecular weight is 410 g/mol. The van der Waals surface area contributed by atoms with Gasteiger partial charge in [-0.25, -0.2) is 12.8 Å². The predicted molar refractivity (Wildman–Crippen MR) is 91.6 cm³/mol. The van der Waals surface area contributed by atoms with Gasteiger partial charge in [0.05, 0.1) is 21.2 Å². The first-order valence-corrected chi connectivity index (χ1v) is 9.90. The zero-order valence-corrected chi connectivity index (χ0v) is 15.8. The molecule has 0 aliphatic carbocycles. The van der Waals surface area contributed by atoms with Gasteiger partial charge in [-0.15, -0.1) is 0 Å². The van der Waals surface area contributed by atoms with Gasteiger partial charge in [-0.3, -0.25) is 4.79 Å². The molecule has 1 aromatic carbocycles. The third-order valence-electron chi connectivity index (χ3n) is 4.62. The second-order valence-corrected chi connectivity index (χ2v) is 9.71. The summed E-state index contributed by atoms with van der Waals surface area (Å²) in [7, 11) is -4.07. The van der Waals surface area contributed by atoms with E-state index in [0.717, 1.165) is 18.2 Å². The topological polar surface area (TPSA) is 75.3 Å². The highest BCUT2D eigenvalue weighted by Crippen LogP contribution is 2.34. The van der Waals surface area contributed by atoms with E-state index in [0.29, 0.717) is 6.07 Å². The van der Waals surface area contributed by atoms with E-state index in [1.165, 1.54) is 13.8 Å². The monoisotopic (exact) mass is 410 g/mol. The van der Waals surface area contributed by atoms with Gasteiger partial charge in [-0.1, -0.05) is 6.07 Å². The van der Waals surface area contributed by atoms with E-state index in [4.69, 9.17) is 0 Å². The van der Waals surface area contributed by atoms with Gasteiger partial charge in [-0.2, -0.15) is 13.2 Å². The van der Waals surface area contributed by atoms with Crippen LogP contribution >= 0.6 is 0 Å². The van der Waals surface area contributed by atoms with Gasteiger partial charge in [-0.05, 0) is 38.5 Å². The normalized spacial score (nSPS) is 21.3. The van der Waals surface area contributed by atoms with E-state index < -0.39 is 49.3 Å². The van der Waals surface area contributed by atoms with Gasteiger partial charge in [0.2, 0.25) is 5.91 Å². The van der Waals surface area contributed by atoms with E-state index in [1.807, 2.05) is 0 Å². The van der Waals surface area contributed by atoms with Crippen molar-refractivity contribution in [3.05, 3.63) is 29.8 Å². The van der Waals surface area contributed by atoms with Crippen molar-refractivity contribution < 1.29 is 30.8 Å². The number of alkyl halides is 4. The van der Waals surface area contributed by atoms with Crippen LogP contribution < -0.4 is 10.6 Å². The maximum Gasteiger partial charge on any atom is 0.416 e. The largest absolute Gasteiger partial charge is 0.416 e. The number of carbonyl (C=O) groups is 1. The van der Waals surface area contributed by atoms with Crippen molar-refractivity contribution in [3.63, 3.8) is 0 Å². The third kappa shape index (κ3) is 4.98.